The molecule has 0 spiro atoms. The molecule has 0 fully saturated rings. The van der Waals surface area contributed by atoms with Gasteiger partial charge in [-0.1, -0.05) is 17.2 Å². The molecule has 0 atom stereocenters. The summed E-state index contributed by atoms with van der Waals surface area (Å²) in [7, 11) is 0. The number of para-hydroxylation sites is 1. The average molecular weight is 362 g/mol. The molecule has 1 aromatic heterocycles. The summed E-state index contributed by atoms with van der Waals surface area (Å²) in [5.41, 5.74) is 0.903. The van der Waals surface area contributed by atoms with Gasteiger partial charge in [0, 0.05) is 5.69 Å². The average Bonchev–Trinajstić information content (AvgIpc) is 3.09. The number of nitrogens with one attached hydrogen (secondary N) is 2. The number of anilines is 3. The van der Waals surface area contributed by atoms with E-state index in [2.05, 4.69) is 20.8 Å². The van der Waals surface area contributed by atoms with Gasteiger partial charge in [-0.15, -0.1) is 5.10 Å². The molecule has 26 heavy (non-hydrogen) atoms. The molecular formula is C17H13F3N4O2. The molecule has 0 radical (unpaired) electrons. The van der Waals surface area contributed by atoms with Gasteiger partial charge in [0.2, 0.25) is 0 Å². The highest BCUT2D eigenvalue weighted by atomic mass is 19.4. The van der Waals surface area contributed by atoms with E-state index >= 15 is 0 Å². The van der Waals surface area contributed by atoms with Gasteiger partial charge in [0.25, 0.3) is 5.89 Å². The van der Waals surface area contributed by atoms with Gasteiger partial charge in [0.1, 0.15) is 6.29 Å². The molecule has 0 saturated carbocycles. The zero-order valence-electron chi connectivity index (χ0n) is 13.2. The van der Waals surface area contributed by atoms with Crippen LogP contribution in [-0.2, 0) is 11.0 Å². The van der Waals surface area contributed by atoms with Crippen LogP contribution in [0.2, 0.25) is 0 Å². The zero-order valence-corrected chi connectivity index (χ0v) is 13.2. The fraction of sp³-hybridized carbons (Fsp3) is 0.118. The minimum absolute atomic E-state index is 0.0348. The number of rotatable bonds is 6. The topological polar surface area (TPSA) is 80.0 Å². The highest BCUT2D eigenvalue weighted by molar-refractivity contribution is 5.77. The Morgan fingerprint density at radius 3 is 2.46 bits per heavy atom. The minimum Gasteiger partial charge on any atom is -0.403 e. The van der Waals surface area contributed by atoms with Gasteiger partial charge in [0.15, 0.2) is 0 Å². The third-order valence-corrected chi connectivity index (χ3v) is 3.41. The normalized spacial score (nSPS) is 11.2. The van der Waals surface area contributed by atoms with Gasteiger partial charge in [0.05, 0.1) is 23.4 Å². The molecule has 2 aromatic carbocycles. The van der Waals surface area contributed by atoms with Gasteiger partial charge >= 0.3 is 12.2 Å². The minimum atomic E-state index is -4.38. The van der Waals surface area contributed by atoms with Crippen LogP contribution in [0.15, 0.2) is 52.9 Å². The monoisotopic (exact) mass is 362 g/mol. The summed E-state index contributed by atoms with van der Waals surface area (Å²) in [4.78, 5) is 10.4. The molecule has 0 amide bonds. The number of hydrogen-bond acceptors (Lipinski definition) is 6. The lowest BCUT2D eigenvalue weighted by atomic mass is 10.1. The lowest BCUT2D eigenvalue weighted by Gasteiger charge is -2.11. The SMILES string of the molecule is O=CCNc1nnc(-c2ccccc2Nc2ccc(C(F)(F)F)cc2)o1. The summed E-state index contributed by atoms with van der Waals surface area (Å²) in [5, 5.41) is 13.4. The number of aldehydes is 1. The van der Waals surface area contributed by atoms with Gasteiger partial charge in [-0.2, -0.15) is 13.2 Å². The maximum Gasteiger partial charge on any atom is 0.416 e. The summed E-state index contributed by atoms with van der Waals surface area (Å²) in [6.07, 6.45) is -3.73. The molecule has 3 aromatic rings. The van der Waals surface area contributed by atoms with E-state index in [-0.39, 0.29) is 18.5 Å². The van der Waals surface area contributed by atoms with Crippen molar-refractivity contribution in [2.24, 2.45) is 0 Å². The standard InChI is InChI=1S/C17H13F3N4O2/c18-17(19,20)11-5-7-12(8-6-11)22-14-4-2-1-3-13(14)15-23-24-16(26-15)21-9-10-25/h1-8,10,22H,9H2,(H,21,24). The fourth-order valence-corrected chi connectivity index (χ4v) is 2.21. The van der Waals surface area contributed by atoms with Gasteiger partial charge < -0.3 is 19.8 Å². The number of hydrogen-bond donors (Lipinski definition) is 2. The van der Waals surface area contributed by atoms with Crippen LogP contribution in [-0.4, -0.2) is 23.0 Å². The second-order valence-corrected chi connectivity index (χ2v) is 5.21. The van der Waals surface area contributed by atoms with Crippen LogP contribution in [0, 0.1) is 0 Å². The van der Waals surface area contributed by atoms with E-state index in [1.807, 2.05) is 0 Å². The van der Waals surface area contributed by atoms with Crippen LogP contribution >= 0.6 is 0 Å². The fourth-order valence-electron chi connectivity index (χ4n) is 2.21. The highest BCUT2D eigenvalue weighted by Gasteiger charge is 2.29. The number of aromatic nitrogens is 2. The van der Waals surface area contributed by atoms with E-state index in [0.29, 0.717) is 23.2 Å². The summed E-state index contributed by atoms with van der Waals surface area (Å²) in [5.74, 6) is 0.202. The van der Waals surface area contributed by atoms with Crippen LogP contribution in [0.1, 0.15) is 5.56 Å². The number of alkyl halides is 3. The van der Waals surface area contributed by atoms with Crippen molar-refractivity contribution < 1.29 is 22.4 Å². The Bertz CT molecular complexity index is 892. The van der Waals surface area contributed by atoms with E-state index in [9.17, 15) is 18.0 Å². The van der Waals surface area contributed by atoms with Crippen molar-refractivity contribution in [2.75, 3.05) is 17.2 Å². The molecule has 2 N–H and O–H groups in total. The Hall–Kier alpha value is -3.36. The third kappa shape index (κ3) is 4.00. The molecule has 0 bridgehead atoms. The van der Waals surface area contributed by atoms with Crippen molar-refractivity contribution >= 4 is 23.7 Å². The van der Waals surface area contributed by atoms with Crippen LogP contribution in [0.4, 0.5) is 30.6 Å². The van der Waals surface area contributed by atoms with E-state index in [0.717, 1.165) is 12.1 Å². The maximum absolute atomic E-state index is 12.6. The molecule has 0 aliphatic carbocycles. The van der Waals surface area contributed by atoms with Crippen molar-refractivity contribution in [3.8, 4) is 11.5 Å². The number of halogens is 3. The highest BCUT2D eigenvalue weighted by Crippen LogP contribution is 2.32. The van der Waals surface area contributed by atoms with E-state index in [4.69, 9.17) is 4.42 Å². The quantitative estimate of drug-likeness (QED) is 0.643. The van der Waals surface area contributed by atoms with Crippen molar-refractivity contribution in [2.45, 2.75) is 6.18 Å². The molecule has 0 unspecified atom stereocenters. The van der Waals surface area contributed by atoms with Crippen LogP contribution < -0.4 is 10.6 Å². The molecule has 134 valence electrons. The number of carbonyl (C=O) groups excluding carboxylic acids is 1. The second-order valence-electron chi connectivity index (χ2n) is 5.21. The second kappa shape index (κ2) is 7.26. The first kappa shape index (κ1) is 17.5. The largest absolute Gasteiger partial charge is 0.416 e. The molecule has 3 rings (SSSR count). The Morgan fingerprint density at radius 1 is 1.04 bits per heavy atom. The maximum atomic E-state index is 12.6. The molecule has 9 heteroatoms. The summed E-state index contributed by atoms with van der Waals surface area (Å²) in [6, 6.07) is 11.7. The van der Waals surface area contributed by atoms with Crippen LogP contribution in [0.25, 0.3) is 11.5 Å². The lowest BCUT2D eigenvalue weighted by Crippen LogP contribution is -2.04. The predicted molar refractivity (Wildman–Crippen MR) is 89.0 cm³/mol. The Labute approximate surface area is 146 Å². The lowest BCUT2D eigenvalue weighted by molar-refractivity contribution is -0.137. The summed E-state index contributed by atoms with van der Waals surface area (Å²) in [6.45, 7) is 0.0348. The Kier molecular flexibility index (Phi) is 4.87. The van der Waals surface area contributed by atoms with Gasteiger partial charge in [-0.05, 0) is 36.4 Å². The molecule has 6 nitrogen and oxygen atoms in total. The van der Waals surface area contributed by atoms with Crippen LogP contribution in [0.5, 0.6) is 0 Å². The first-order chi connectivity index (χ1) is 12.5. The van der Waals surface area contributed by atoms with E-state index in [1.165, 1.54) is 12.1 Å². The number of benzene rings is 2. The summed E-state index contributed by atoms with van der Waals surface area (Å²) < 4.78 is 43.4. The van der Waals surface area contributed by atoms with Crippen molar-refractivity contribution in [3.05, 3.63) is 54.1 Å². The summed E-state index contributed by atoms with van der Waals surface area (Å²) >= 11 is 0. The van der Waals surface area contributed by atoms with Crippen molar-refractivity contribution in [1.29, 1.82) is 0 Å². The van der Waals surface area contributed by atoms with Crippen LogP contribution in [0.3, 0.4) is 0 Å². The predicted octanol–water partition coefficient (Wildman–Crippen LogP) is 4.11. The molecule has 0 saturated heterocycles. The first-order valence-corrected chi connectivity index (χ1v) is 7.52. The third-order valence-electron chi connectivity index (χ3n) is 3.41. The smallest absolute Gasteiger partial charge is 0.403 e. The zero-order chi connectivity index (χ0) is 18.6. The van der Waals surface area contributed by atoms with E-state index < -0.39 is 11.7 Å². The van der Waals surface area contributed by atoms with Crippen molar-refractivity contribution in [1.82, 2.24) is 10.2 Å². The Balaban J connectivity index is 1.83. The molecule has 0 aliphatic rings. The first-order valence-electron chi connectivity index (χ1n) is 7.52. The number of carbonyl (C=O) groups is 1. The molecule has 1 heterocycles. The van der Waals surface area contributed by atoms with Gasteiger partial charge in [-0.3, -0.25) is 0 Å². The van der Waals surface area contributed by atoms with Gasteiger partial charge in [-0.25, -0.2) is 0 Å². The van der Waals surface area contributed by atoms with E-state index in [1.54, 1.807) is 24.3 Å². The Morgan fingerprint density at radius 2 is 1.77 bits per heavy atom. The van der Waals surface area contributed by atoms with Crippen molar-refractivity contribution in [3.63, 3.8) is 0 Å². The molecular weight excluding hydrogens is 349 g/mol. The molecule has 0 aliphatic heterocycles. The number of nitrogens with zero attached hydrogens (tertiary/aromatic N) is 2.